The third-order valence-electron chi connectivity index (χ3n) is 3.20. The van der Waals surface area contributed by atoms with Gasteiger partial charge in [0.1, 0.15) is 0 Å². The number of hydrogen-bond acceptors (Lipinski definition) is 3. The van der Waals surface area contributed by atoms with Gasteiger partial charge in [0.15, 0.2) is 0 Å². The van der Waals surface area contributed by atoms with Gasteiger partial charge in [-0.15, -0.1) is 0 Å². The van der Waals surface area contributed by atoms with Crippen molar-refractivity contribution in [3.63, 3.8) is 0 Å². The molecule has 0 fully saturated rings. The Morgan fingerprint density at radius 3 is 2.68 bits per heavy atom. The van der Waals surface area contributed by atoms with Crippen LogP contribution in [0, 0.1) is 0 Å². The fourth-order valence-corrected chi connectivity index (χ4v) is 2.06. The van der Waals surface area contributed by atoms with Crippen LogP contribution in [0.15, 0.2) is 48.8 Å². The minimum atomic E-state index is 0.115. The number of nitrogens with zero attached hydrogens (tertiary/aromatic N) is 3. The maximum absolute atomic E-state index is 5.58. The van der Waals surface area contributed by atoms with Crippen molar-refractivity contribution in [3.8, 4) is 0 Å². The van der Waals surface area contributed by atoms with Crippen molar-refractivity contribution in [2.75, 3.05) is 27.2 Å². The van der Waals surface area contributed by atoms with Gasteiger partial charge in [-0.1, -0.05) is 30.3 Å². The molecule has 0 aliphatic heterocycles. The number of aromatic nitrogens is 2. The second-order valence-corrected chi connectivity index (χ2v) is 4.67. The van der Waals surface area contributed by atoms with Gasteiger partial charge in [-0.3, -0.25) is 4.68 Å². The van der Waals surface area contributed by atoms with Gasteiger partial charge in [0.25, 0.3) is 0 Å². The average molecular weight is 259 g/mol. The van der Waals surface area contributed by atoms with E-state index in [2.05, 4.69) is 29.2 Å². The quantitative estimate of drug-likeness (QED) is 0.763. The number of methoxy groups -OCH3 is 1. The number of rotatable bonds is 7. The number of ether oxygens (including phenoxy) is 1. The first-order valence-electron chi connectivity index (χ1n) is 6.53. The molecular weight excluding hydrogens is 238 g/mol. The maximum atomic E-state index is 5.58. The van der Waals surface area contributed by atoms with Crippen molar-refractivity contribution in [3.05, 3.63) is 54.4 Å². The van der Waals surface area contributed by atoms with Crippen LogP contribution in [0.5, 0.6) is 0 Å². The first kappa shape index (κ1) is 13.8. The molecule has 0 N–H and O–H groups in total. The molecule has 0 spiro atoms. The Kier molecular flexibility index (Phi) is 5.12. The van der Waals surface area contributed by atoms with Crippen LogP contribution in [0.2, 0.25) is 0 Å². The van der Waals surface area contributed by atoms with E-state index in [1.807, 2.05) is 41.3 Å². The van der Waals surface area contributed by atoms with Crippen LogP contribution in [-0.4, -0.2) is 41.9 Å². The molecule has 0 aliphatic rings. The predicted octanol–water partition coefficient (Wildman–Crippen LogP) is 2.20. The lowest BCUT2D eigenvalue weighted by molar-refractivity contribution is 0.0704. The molecule has 1 atom stereocenters. The highest BCUT2D eigenvalue weighted by Gasteiger charge is 2.12. The molecule has 0 unspecified atom stereocenters. The Hall–Kier alpha value is -1.65. The van der Waals surface area contributed by atoms with E-state index in [-0.39, 0.29) is 6.10 Å². The Labute approximate surface area is 114 Å². The largest absolute Gasteiger partial charge is 0.375 e. The van der Waals surface area contributed by atoms with Gasteiger partial charge < -0.3 is 9.64 Å². The molecular formula is C15H21N3O. The number of likely N-dealkylation sites (N-methyl/N-ethyl adjacent to an activating group) is 1. The average Bonchev–Trinajstić information content (AvgIpc) is 2.97. The van der Waals surface area contributed by atoms with Crippen LogP contribution in [0.3, 0.4) is 0 Å². The molecule has 0 amide bonds. The molecule has 4 nitrogen and oxygen atoms in total. The van der Waals surface area contributed by atoms with Crippen LogP contribution < -0.4 is 0 Å². The predicted molar refractivity (Wildman–Crippen MR) is 75.9 cm³/mol. The van der Waals surface area contributed by atoms with Gasteiger partial charge in [0.05, 0.1) is 12.6 Å². The third kappa shape index (κ3) is 4.19. The Balaban J connectivity index is 1.84. The lowest BCUT2D eigenvalue weighted by Gasteiger charge is -2.23. The van der Waals surface area contributed by atoms with E-state index in [0.29, 0.717) is 0 Å². The highest BCUT2D eigenvalue weighted by Crippen LogP contribution is 2.16. The zero-order chi connectivity index (χ0) is 13.5. The summed E-state index contributed by atoms with van der Waals surface area (Å²) in [5.74, 6) is 0. The highest BCUT2D eigenvalue weighted by atomic mass is 16.5. The molecule has 2 rings (SSSR count). The topological polar surface area (TPSA) is 30.3 Å². The standard InChI is InChI=1S/C15H21N3O/c1-17(11-12-18-10-6-9-16-18)13-15(19-2)14-7-4-3-5-8-14/h3-10,15H,11-13H2,1-2H3/t15-/m1/s1. The molecule has 0 bridgehead atoms. The molecule has 4 heteroatoms. The van der Waals surface area contributed by atoms with Crippen LogP contribution >= 0.6 is 0 Å². The van der Waals surface area contributed by atoms with Gasteiger partial charge in [0.2, 0.25) is 0 Å². The summed E-state index contributed by atoms with van der Waals surface area (Å²) < 4.78 is 7.53. The molecule has 19 heavy (non-hydrogen) atoms. The first-order valence-corrected chi connectivity index (χ1v) is 6.53. The summed E-state index contributed by atoms with van der Waals surface area (Å²) in [6.45, 7) is 2.73. The summed E-state index contributed by atoms with van der Waals surface area (Å²) in [6, 6.07) is 12.3. The summed E-state index contributed by atoms with van der Waals surface area (Å²) in [5, 5.41) is 4.20. The summed E-state index contributed by atoms with van der Waals surface area (Å²) in [7, 11) is 3.87. The van der Waals surface area contributed by atoms with Crippen LogP contribution in [-0.2, 0) is 11.3 Å². The molecule has 0 aliphatic carbocycles. The van der Waals surface area contributed by atoms with Crippen molar-refractivity contribution in [1.29, 1.82) is 0 Å². The molecule has 0 radical (unpaired) electrons. The Morgan fingerprint density at radius 2 is 2.05 bits per heavy atom. The van der Waals surface area contributed by atoms with E-state index in [4.69, 9.17) is 4.74 Å². The van der Waals surface area contributed by atoms with E-state index >= 15 is 0 Å². The summed E-state index contributed by atoms with van der Waals surface area (Å²) in [6.07, 6.45) is 3.91. The smallest absolute Gasteiger partial charge is 0.0947 e. The van der Waals surface area contributed by atoms with Crippen molar-refractivity contribution in [2.24, 2.45) is 0 Å². The van der Waals surface area contributed by atoms with Crippen molar-refractivity contribution in [1.82, 2.24) is 14.7 Å². The van der Waals surface area contributed by atoms with Crippen LogP contribution in [0.25, 0.3) is 0 Å². The van der Waals surface area contributed by atoms with Crippen molar-refractivity contribution >= 4 is 0 Å². The van der Waals surface area contributed by atoms with Gasteiger partial charge >= 0.3 is 0 Å². The second-order valence-electron chi connectivity index (χ2n) is 4.67. The third-order valence-corrected chi connectivity index (χ3v) is 3.20. The van der Waals surface area contributed by atoms with Crippen molar-refractivity contribution < 1.29 is 4.74 Å². The SMILES string of the molecule is CO[C@H](CN(C)CCn1cccn1)c1ccccc1. The zero-order valence-corrected chi connectivity index (χ0v) is 11.6. The fourth-order valence-electron chi connectivity index (χ4n) is 2.06. The summed E-state index contributed by atoms with van der Waals surface area (Å²) in [4.78, 5) is 2.27. The summed E-state index contributed by atoms with van der Waals surface area (Å²) in [5.41, 5.74) is 1.22. The first-order chi connectivity index (χ1) is 9.29. The van der Waals surface area contributed by atoms with E-state index < -0.39 is 0 Å². The molecule has 1 aromatic carbocycles. The van der Waals surface area contributed by atoms with Crippen LogP contribution in [0.1, 0.15) is 11.7 Å². The fraction of sp³-hybridized carbons (Fsp3) is 0.400. The maximum Gasteiger partial charge on any atom is 0.0947 e. The minimum absolute atomic E-state index is 0.115. The van der Waals surface area contributed by atoms with Crippen LogP contribution in [0.4, 0.5) is 0 Å². The lowest BCUT2D eigenvalue weighted by atomic mass is 10.1. The highest BCUT2D eigenvalue weighted by molar-refractivity contribution is 5.17. The Morgan fingerprint density at radius 1 is 1.26 bits per heavy atom. The molecule has 0 saturated heterocycles. The van der Waals surface area contributed by atoms with E-state index in [0.717, 1.165) is 19.6 Å². The number of benzene rings is 1. The molecule has 102 valence electrons. The van der Waals surface area contributed by atoms with Gasteiger partial charge in [-0.25, -0.2) is 0 Å². The second kappa shape index (κ2) is 7.07. The molecule has 1 heterocycles. The minimum Gasteiger partial charge on any atom is -0.375 e. The van der Waals surface area contributed by atoms with E-state index in [1.54, 1.807) is 7.11 Å². The van der Waals surface area contributed by atoms with E-state index in [9.17, 15) is 0 Å². The number of hydrogen-bond donors (Lipinski definition) is 0. The molecule has 0 saturated carbocycles. The Bertz CT molecular complexity index is 456. The normalized spacial score (nSPS) is 12.8. The monoisotopic (exact) mass is 259 g/mol. The van der Waals surface area contributed by atoms with Crippen molar-refractivity contribution in [2.45, 2.75) is 12.6 Å². The lowest BCUT2D eigenvalue weighted by Crippen LogP contribution is -2.29. The zero-order valence-electron chi connectivity index (χ0n) is 11.6. The molecule has 1 aromatic heterocycles. The van der Waals surface area contributed by atoms with Gasteiger partial charge in [0, 0.05) is 32.6 Å². The van der Waals surface area contributed by atoms with Gasteiger partial charge in [-0.2, -0.15) is 5.10 Å². The molecule has 2 aromatic rings. The summed E-state index contributed by atoms with van der Waals surface area (Å²) >= 11 is 0. The van der Waals surface area contributed by atoms with Gasteiger partial charge in [-0.05, 0) is 18.7 Å². The van der Waals surface area contributed by atoms with E-state index in [1.165, 1.54) is 5.56 Å².